The van der Waals surface area contributed by atoms with E-state index in [2.05, 4.69) is 25.6 Å². The SMILES string of the molecule is CCOc1nc2cccc(C(=O)OC(C)(C)OC(=O)O[C@H]3CO[C@H]4C3OC[C@H]4OC(=O)O)c2n1Cc1ccc(-c2ccccc2-c2nn[nH]n2)cc1. The summed E-state index contributed by atoms with van der Waals surface area (Å²) in [5.74, 6) is -2.06. The fraction of sp³-hybridized carbons (Fsp3) is 0.343. The molecule has 0 amide bonds. The number of aromatic nitrogens is 6. The number of nitrogens with one attached hydrogen (secondary N) is 1. The number of rotatable bonds is 11. The lowest BCUT2D eigenvalue weighted by Gasteiger charge is -2.26. The average molecular weight is 715 g/mol. The number of carbonyl (C=O) groups excluding carboxylic acids is 2. The van der Waals surface area contributed by atoms with Gasteiger partial charge in [-0.2, -0.15) is 10.2 Å². The molecule has 2 aliphatic rings. The Morgan fingerprint density at radius 1 is 0.923 bits per heavy atom. The summed E-state index contributed by atoms with van der Waals surface area (Å²) in [6.07, 6.45) is -5.82. The van der Waals surface area contributed by atoms with Gasteiger partial charge >= 0.3 is 18.3 Å². The van der Waals surface area contributed by atoms with Gasteiger partial charge in [0, 0.05) is 19.4 Å². The van der Waals surface area contributed by atoms with Crippen molar-refractivity contribution in [1.82, 2.24) is 30.2 Å². The first-order chi connectivity index (χ1) is 25.1. The van der Waals surface area contributed by atoms with Gasteiger partial charge in [0.2, 0.25) is 5.82 Å². The lowest BCUT2D eigenvalue weighted by molar-refractivity contribution is -0.162. The minimum Gasteiger partial charge on any atom is -0.465 e. The number of hydrogen-bond donors (Lipinski definition) is 2. The van der Waals surface area contributed by atoms with Crippen LogP contribution in [0.5, 0.6) is 6.01 Å². The third-order valence-corrected chi connectivity index (χ3v) is 8.47. The smallest absolute Gasteiger partial charge is 0.465 e. The molecule has 0 saturated carbocycles. The summed E-state index contributed by atoms with van der Waals surface area (Å²) in [6.45, 7) is 5.16. The number of benzene rings is 3. The molecule has 2 aromatic heterocycles. The fourth-order valence-electron chi connectivity index (χ4n) is 6.30. The molecule has 0 bridgehead atoms. The second kappa shape index (κ2) is 14.3. The predicted octanol–water partition coefficient (Wildman–Crippen LogP) is 4.61. The van der Waals surface area contributed by atoms with Crippen molar-refractivity contribution in [1.29, 1.82) is 0 Å². The Kier molecular flexibility index (Phi) is 9.44. The number of ether oxygens (including phenoxy) is 7. The molecule has 17 nitrogen and oxygen atoms in total. The van der Waals surface area contributed by atoms with Gasteiger partial charge in [0.1, 0.15) is 12.2 Å². The molecule has 3 aromatic carbocycles. The van der Waals surface area contributed by atoms with E-state index in [1.807, 2.05) is 55.5 Å². The molecule has 4 atom stereocenters. The van der Waals surface area contributed by atoms with Crippen molar-refractivity contribution in [3.63, 3.8) is 0 Å². The van der Waals surface area contributed by atoms with Crippen molar-refractivity contribution in [2.45, 2.75) is 57.5 Å². The molecular formula is C35H34N6O11. The summed E-state index contributed by atoms with van der Waals surface area (Å²) in [4.78, 5) is 42.1. The van der Waals surface area contributed by atoms with Crippen LogP contribution in [-0.2, 0) is 35.0 Å². The van der Waals surface area contributed by atoms with Crippen LogP contribution in [0.4, 0.5) is 9.59 Å². The highest BCUT2D eigenvalue weighted by molar-refractivity contribution is 6.02. The highest BCUT2D eigenvalue weighted by atomic mass is 16.8. The van der Waals surface area contributed by atoms with Crippen molar-refractivity contribution in [2.75, 3.05) is 19.8 Å². The van der Waals surface area contributed by atoms with Gasteiger partial charge in [-0.1, -0.05) is 54.6 Å². The molecule has 1 unspecified atom stereocenters. The van der Waals surface area contributed by atoms with Crippen molar-refractivity contribution in [3.8, 4) is 28.5 Å². The lowest BCUT2D eigenvalue weighted by Crippen LogP contribution is -2.39. The zero-order valence-electron chi connectivity index (χ0n) is 28.3. The highest BCUT2D eigenvalue weighted by Gasteiger charge is 2.51. The Labute approximate surface area is 295 Å². The summed E-state index contributed by atoms with van der Waals surface area (Å²) in [5, 5.41) is 23.4. The van der Waals surface area contributed by atoms with Crippen LogP contribution in [0.1, 0.15) is 36.7 Å². The van der Waals surface area contributed by atoms with E-state index < -0.39 is 48.5 Å². The Balaban J connectivity index is 1.07. The van der Waals surface area contributed by atoms with Gasteiger partial charge in [0.15, 0.2) is 12.2 Å². The molecule has 52 heavy (non-hydrogen) atoms. The van der Waals surface area contributed by atoms with Gasteiger partial charge < -0.3 is 38.3 Å². The summed E-state index contributed by atoms with van der Waals surface area (Å²) in [7, 11) is 0. The Morgan fingerprint density at radius 3 is 2.31 bits per heavy atom. The van der Waals surface area contributed by atoms with E-state index in [4.69, 9.17) is 38.3 Å². The van der Waals surface area contributed by atoms with E-state index in [1.165, 1.54) is 13.8 Å². The highest BCUT2D eigenvalue weighted by Crippen LogP contribution is 2.33. The van der Waals surface area contributed by atoms with Crippen LogP contribution in [0.25, 0.3) is 33.5 Å². The van der Waals surface area contributed by atoms with Gasteiger partial charge in [-0.15, -0.1) is 10.2 Å². The number of hydrogen-bond acceptors (Lipinski definition) is 14. The van der Waals surface area contributed by atoms with Crippen LogP contribution in [0.3, 0.4) is 0 Å². The number of fused-ring (bicyclic) bond motifs is 2. The fourth-order valence-corrected chi connectivity index (χ4v) is 6.30. The first-order valence-corrected chi connectivity index (χ1v) is 16.4. The minimum absolute atomic E-state index is 0.0464. The summed E-state index contributed by atoms with van der Waals surface area (Å²) < 4.78 is 40.1. The maximum atomic E-state index is 13.7. The molecule has 270 valence electrons. The van der Waals surface area contributed by atoms with Crippen molar-refractivity contribution < 1.29 is 52.6 Å². The van der Waals surface area contributed by atoms with Crippen molar-refractivity contribution in [2.24, 2.45) is 0 Å². The number of H-pyrrole nitrogens is 1. The van der Waals surface area contributed by atoms with Crippen LogP contribution in [-0.4, -0.2) is 104 Å². The van der Waals surface area contributed by atoms with Gasteiger partial charge in [-0.05, 0) is 41.0 Å². The van der Waals surface area contributed by atoms with Gasteiger partial charge in [-0.25, -0.2) is 14.4 Å². The molecule has 2 saturated heterocycles. The summed E-state index contributed by atoms with van der Waals surface area (Å²) in [6, 6.07) is 21.0. The number of carbonyl (C=O) groups is 3. The Bertz CT molecular complexity index is 2080. The Hall–Kier alpha value is -6.07. The zero-order valence-corrected chi connectivity index (χ0v) is 28.3. The molecule has 2 N–H and O–H groups in total. The van der Waals surface area contributed by atoms with E-state index >= 15 is 0 Å². The number of esters is 1. The summed E-state index contributed by atoms with van der Waals surface area (Å²) >= 11 is 0. The normalized spacial score (nSPS) is 19.6. The largest absolute Gasteiger partial charge is 0.512 e. The van der Waals surface area contributed by atoms with Crippen LogP contribution in [0, 0.1) is 0 Å². The number of aromatic amines is 1. The van der Waals surface area contributed by atoms with Crippen LogP contribution in [0.2, 0.25) is 0 Å². The number of nitrogens with zero attached hydrogens (tertiary/aromatic N) is 5. The molecule has 7 rings (SSSR count). The number of tetrazole rings is 1. The van der Waals surface area contributed by atoms with Gasteiger partial charge in [0.05, 0.1) is 43.0 Å². The molecule has 0 aliphatic carbocycles. The topological polar surface area (TPSA) is 208 Å². The van der Waals surface area contributed by atoms with E-state index in [-0.39, 0.29) is 18.8 Å². The third-order valence-electron chi connectivity index (χ3n) is 8.47. The van der Waals surface area contributed by atoms with Crippen LogP contribution >= 0.6 is 0 Å². The molecule has 0 radical (unpaired) electrons. The van der Waals surface area contributed by atoms with E-state index in [0.717, 1.165) is 22.3 Å². The quantitative estimate of drug-likeness (QED) is 0.109. The first-order valence-electron chi connectivity index (χ1n) is 16.4. The summed E-state index contributed by atoms with van der Waals surface area (Å²) in [5.41, 5.74) is 4.75. The van der Waals surface area contributed by atoms with Crippen LogP contribution in [0.15, 0.2) is 66.7 Å². The van der Waals surface area contributed by atoms with Crippen LogP contribution < -0.4 is 4.74 Å². The second-order valence-electron chi connectivity index (χ2n) is 12.4. The maximum Gasteiger partial charge on any atom is 0.512 e. The molecule has 0 spiro atoms. The maximum absolute atomic E-state index is 13.7. The molecular weight excluding hydrogens is 680 g/mol. The predicted molar refractivity (Wildman–Crippen MR) is 178 cm³/mol. The standard InChI is InChI=1S/C35H34N6O11/c1-4-46-32-36-24-11-7-10-23(31(42)51-35(2,3)52-34(45)50-26-18-48-28-25(49-33(43)44)17-47-29(26)28)27(24)41(32)16-19-12-14-20(15-13-19)21-8-5-6-9-22(21)30-37-39-40-38-30/h5-15,25-26,28-29H,4,16-18H2,1-3H3,(H,43,44)(H,37,38,39,40)/t25-,26+,28-,29?/m1/s1. The molecule has 17 heteroatoms. The molecule has 2 aliphatic heterocycles. The average Bonchev–Trinajstić information content (AvgIpc) is 3.92. The number of imidazole rings is 1. The minimum atomic E-state index is -1.76. The molecule has 2 fully saturated rings. The lowest BCUT2D eigenvalue weighted by atomic mass is 9.98. The van der Waals surface area contributed by atoms with E-state index in [1.54, 1.807) is 22.8 Å². The molecule has 4 heterocycles. The number of para-hydroxylation sites is 1. The second-order valence-corrected chi connectivity index (χ2v) is 12.4. The zero-order chi connectivity index (χ0) is 36.4. The van der Waals surface area contributed by atoms with Crippen molar-refractivity contribution in [3.05, 3.63) is 77.9 Å². The monoisotopic (exact) mass is 714 g/mol. The van der Waals surface area contributed by atoms with Gasteiger partial charge in [0.25, 0.3) is 11.8 Å². The number of carboxylic acid groups (broad SMARTS) is 1. The van der Waals surface area contributed by atoms with E-state index in [0.29, 0.717) is 36.0 Å². The van der Waals surface area contributed by atoms with Gasteiger partial charge in [-0.3, -0.25) is 4.57 Å². The Morgan fingerprint density at radius 2 is 1.63 bits per heavy atom. The first kappa shape index (κ1) is 34.4. The molecule has 5 aromatic rings. The van der Waals surface area contributed by atoms with E-state index in [9.17, 15) is 14.4 Å². The third kappa shape index (κ3) is 7.08. The van der Waals surface area contributed by atoms with Crippen molar-refractivity contribution >= 4 is 29.3 Å².